The number of hydrogen-bond acceptors (Lipinski definition) is 8. The number of fused-ring (bicyclic) bond motifs is 2. The first kappa shape index (κ1) is 12.8. The Hall–Kier alpha value is -1.87. The lowest BCUT2D eigenvalue weighted by atomic mass is 10.3. The summed E-state index contributed by atoms with van der Waals surface area (Å²) >= 11 is 1.51. The van der Waals surface area contributed by atoms with Crippen molar-refractivity contribution in [2.45, 2.75) is 24.0 Å². The van der Waals surface area contributed by atoms with Crippen LogP contribution in [0.3, 0.4) is 0 Å². The van der Waals surface area contributed by atoms with E-state index in [9.17, 15) is 0 Å². The largest absolute Gasteiger partial charge is 0.378 e. The lowest BCUT2D eigenvalue weighted by Crippen LogP contribution is -2.37. The summed E-state index contributed by atoms with van der Waals surface area (Å²) in [5.41, 5.74) is 5.14. The lowest BCUT2D eigenvalue weighted by molar-refractivity contribution is 0.122. The average Bonchev–Trinajstić information content (AvgIpc) is 2.87. The van der Waals surface area contributed by atoms with Gasteiger partial charge in [-0.15, -0.1) is 10.2 Å². The molecule has 1 N–H and O–H groups in total. The zero-order valence-electron chi connectivity index (χ0n) is 11.8. The molecule has 8 nitrogen and oxygen atoms in total. The molecule has 2 aliphatic heterocycles. The van der Waals surface area contributed by atoms with Gasteiger partial charge < -0.3 is 9.64 Å². The van der Waals surface area contributed by atoms with Crippen molar-refractivity contribution in [1.82, 2.24) is 24.8 Å². The molecule has 2 aliphatic rings. The zero-order chi connectivity index (χ0) is 14.4. The van der Waals surface area contributed by atoms with Crippen molar-refractivity contribution in [3.8, 4) is 0 Å². The van der Waals surface area contributed by atoms with Gasteiger partial charge in [-0.2, -0.15) is 0 Å². The Kier molecular flexibility index (Phi) is 2.96. The number of ether oxygens (including phenoxy) is 1. The van der Waals surface area contributed by atoms with Gasteiger partial charge >= 0.3 is 0 Å². The van der Waals surface area contributed by atoms with Crippen molar-refractivity contribution < 1.29 is 4.74 Å². The minimum atomic E-state index is 0.721. The van der Waals surface area contributed by atoms with E-state index in [1.165, 1.54) is 11.8 Å². The summed E-state index contributed by atoms with van der Waals surface area (Å²) in [6.45, 7) is 6.99. The Morgan fingerprint density at radius 1 is 1.14 bits per heavy atom. The first-order chi connectivity index (χ1) is 10.2. The highest BCUT2D eigenvalue weighted by Crippen LogP contribution is 2.37. The number of hydrogen-bond donors (Lipinski definition) is 1. The second-order valence-electron chi connectivity index (χ2n) is 4.97. The van der Waals surface area contributed by atoms with Crippen molar-refractivity contribution in [3.05, 3.63) is 11.5 Å². The van der Waals surface area contributed by atoms with Gasteiger partial charge in [-0.1, -0.05) is 0 Å². The first-order valence-electron chi connectivity index (χ1n) is 6.80. The molecule has 0 spiro atoms. The molecule has 2 aromatic rings. The summed E-state index contributed by atoms with van der Waals surface area (Å²) in [6.07, 6.45) is 0. The van der Waals surface area contributed by atoms with Gasteiger partial charge in [0.05, 0.1) is 18.9 Å². The number of aryl methyl sites for hydroxylation is 2. The third-order valence-electron chi connectivity index (χ3n) is 3.55. The fraction of sp³-hybridized carbons (Fsp3) is 0.500. The van der Waals surface area contributed by atoms with Gasteiger partial charge in [0, 0.05) is 13.1 Å². The van der Waals surface area contributed by atoms with Crippen molar-refractivity contribution in [3.63, 3.8) is 0 Å². The molecule has 0 amide bonds. The molecular weight excluding hydrogens is 290 g/mol. The SMILES string of the molecule is Cc1nc(N2CCOCC2)nc2c1Nn1c(C)nnc1S2. The minimum absolute atomic E-state index is 0.721. The molecule has 2 aromatic heterocycles. The summed E-state index contributed by atoms with van der Waals surface area (Å²) in [4.78, 5) is 11.5. The maximum atomic E-state index is 5.38. The number of rotatable bonds is 1. The van der Waals surface area contributed by atoms with Gasteiger partial charge in [0.25, 0.3) is 0 Å². The van der Waals surface area contributed by atoms with Crippen LogP contribution in [0, 0.1) is 13.8 Å². The van der Waals surface area contributed by atoms with Crippen LogP contribution in [-0.4, -0.2) is 51.1 Å². The first-order valence-corrected chi connectivity index (χ1v) is 7.62. The molecule has 0 atom stereocenters. The molecule has 4 heterocycles. The van der Waals surface area contributed by atoms with Crippen LogP contribution >= 0.6 is 11.8 Å². The second-order valence-corrected chi connectivity index (χ2v) is 5.92. The van der Waals surface area contributed by atoms with Gasteiger partial charge in [0.15, 0.2) is 0 Å². The average molecular weight is 305 g/mol. The van der Waals surface area contributed by atoms with E-state index in [-0.39, 0.29) is 0 Å². The molecule has 9 heteroatoms. The number of nitrogens with one attached hydrogen (secondary N) is 1. The van der Waals surface area contributed by atoms with Crippen LogP contribution < -0.4 is 10.3 Å². The fourth-order valence-electron chi connectivity index (χ4n) is 2.38. The monoisotopic (exact) mass is 305 g/mol. The molecule has 21 heavy (non-hydrogen) atoms. The molecule has 0 aliphatic carbocycles. The van der Waals surface area contributed by atoms with Crippen molar-refractivity contribution >= 4 is 23.4 Å². The Labute approximate surface area is 125 Å². The van der Waals surface area contributed by atoms with Crippen LogP contribution in [0.5, 0.6) is 0 Å². The molecule has 4 rings (SSSR count). The Bertz CT molecular complexity index is 695. The third kappa shape index (κ3) is 2.12. The van der Waals surface area contributed by atoms with E-state index in [2.05, 4.69) is 30.5 Å². The molecular formula is C12H15N7OS. The predicted molar refractivity (Wildman–Crippen MR) is 77.7 cm³/mol. The Morgan fingerprint density at radius 3 is 2.76 bits per heavy atom. The van der Waals surface area contributed by atoms with Crippen molar-refractivity contribution in [2.24, 2.45) is 0 Å². The lowest BCUT2D eigenvalue weighted by Gasteiger charge is -2.28. The van der Waals surface area contributed by atoms with Crippen LogP contribution in [0.15, 0.2) is 10.2 Å². The van der Waals surface area contributed by atoms with Gasteiger partial charge in [0.2, 0.25) is 11.1 Å². The van der Waals surface area contributed by atoms with Gasteiger partial charge in [-0.3, -0.25) is 5.43 Å². The summed E-state index contributed by atoms with van der Waals surface area (Å²) < 4.78 is 7.24. The molecule has 0 radical (unpaired) electrons. The number of nitrogens with zero attached hydrogens (tertiary/aromatic N) is 6. The van der Waals surface area contributed by atoms with E-state index >= 15 is 0 Å². The normalized spacial score (nSPS) is 17.1. The molecule has 1 saturated heterocycles. The van der Waals surface area contributed by atoms with Crippen molar-refractivity contribution in [2.75, 3.05) is 36.6 Å². The van der Waals surface area contributed by atoms with E-state index in [0.29, 0.717) is 0 Å². The Balaban J connectivity index is 1.72. The van der Waals surface area contributed by atoms with Crippen LogP contribution in [0.2, 0.25) is 0 Å². The fourth-order valence-corrected chi connectivity index (χ4v) is 3.32. The van der Waals surface area contributed by atoms with E-state index in [1.54, 1.807) is 0 Å². The van der Waals surface area contributed by atoms with E-state index < -0.39 is 0 Å². The number of morpholine rings is 1. The maximum absolute atomic E-state index is 5.38. The van der Waals surface area contributed by atoms with Gasteiger partial charge in [0.1, 0.15) is 16.5 Å². The highest BCUT2D eigenvalue weighted by atomic mass is 32.2. The number of anilines is 2. The molecule has 0 saturated carbocycles. The third-order valence-corrected chi connectivity index (χ3v) is 4.48. The topological polar surface area (TPSA) is 81.0 Å². The highest BCUT2D eigenvalue weighted by Gasteiger charge is 2.25. The standard InChI is InChI=1S/C12H15N7OS/c1-7-9-10(21-12-16-15-8(2)19(12)17-9)14-11(13-7)18-3-5-20-6-4-18/h17H,3-6H2,1-2H3. The summed E-state index contributed by atoms with van der Waals surface area (Å²) in [6, 6.07) is 0. The summed E-state index contributed by atoms with van der Waals surface area (Å²) in [5, 5.41) is 9.91. The van der Waals surface area contributed by atoms with E-state index in [4.69, 9.17) is 4.74 Å². The van der Waals surface area contributed by atoms with E-state index in [0.717, 1.165) is 59.6 Å². The minimum Gasteiger partial charge on any atom is -0.378 e. The Morgan fingerprint density at radius 2 is 1.95 bits per heavy atom. The molecule has 1 fully saturated rings. The molecule has 0 bridgehead atoms. The van der Waals surface area contributed by atoms with Crippen LogP contribution in [0.1, 0.15) is 11.5 Å². The van der Waals surface area contributed by atoms with E-state index in [1.807, 2.05) is 18.5 Å². The molecule has 0 aromatic carbocycles. The van der Waals surface area contributed by atoms with Crippen LogP contribution in [0.4, 0.5) is 11.6 Å². The van der Waals surface area contributed by atoms with Crippen molar-refractivity contribution in [1.29, 1.82) is 0 Å². The van der Waals surface area contributed by atoms with Gasteiger partial charge in [-0.05, 0) is 25.6 Å². The zero-order valence-corrected chi connectivity index (χ0v) is 12.6. The van der Waals surface area contributed by atoms with Crippen LogP contribution in [-0.2, 0) is 4.74 Å². The molecule has 0 unspecified atom stereocenters. The second kappa shape index (κ2) is 4.85. The maximum Gasteiger partial charge on any atom is 0.226 e. The smallest absolute Gasteiger partial charge is 0.226 e. The van der Waals surface area contributed by atoms with Crippen LogP contribution in [0.25, 0.3) is 0 Å². The predicted octanol–water partition coefficient (Wildman–Crippen LogP) is 0.861. The summed E-state index contributed by atoms with van der Waals surface area (Å²) in [5.74, 6) is 1.58. The van der Waals surface area contributed by atoms with Gasteiger partial charge in [-0.25, -0.2) is 14.6 Å². The quantitative estimate of drug-likeness (QED) is 0.663. The summed E-state index contributed by atoms with van der Waals surface area (Å²) in [7, 11) is 0. The highest BCUT2D eigenvalue weighted by molar-refractivity contribution is 7.99. The molecule has 110 valence electrons. The number of aromatic nitrogens is 5.